The van der Waals surface area contributed by atoms with E-state index >= 15 is 0 Å². The Morgan fingerprint density at radius 2 is 2.00 bits per heavy atom. The zero-order valence-electron chi connectivity index (χ0n) is 7.14. The third-order valence-electron chi connectivity index (χ3n) is 1.57. The third-order valence-corrected chi connectivity index (χ3v) is 1.76. The van der Waals surface area contributed by atoms with Gasteiger partial charge in [0.15, 0.2) is 6.10 Å². The van der Waals surface area contributed by atoms with Crippen molar-refractivity contribution in [1.82, 2.24) is 4.98 Å². The van der Waals surface area contributed by atoms with Gasteiger partial charge >= 0.3 is 6.18 Å². The Bertz CT molecular complexity index is 320. The molecular formula is C8H7ClF3NO. The summed E-state index contributed by atoms with van der Waals surface area (Å²) in [6.45, 7) is 1.50. The maximum Gasteiger partial charge on any atom is 0.418 e. The molecule has 0 aromatic carbocycles. The number of hydrogen-bond donors (Lipinski definition) is 1. The Balaban J connectivity index is 3.07. The van der Waals surface area contributed by atoms with Crippen molar-refractivity contribution < 1.29 is 18.3 Å². The maximum absolute atomic E-state index is 12.1. The molecule has 2 nitrogen and oxygen atoms in total. The lowest BCUT2D eigenvalue weighted by Crippen LogP contribution is -2.20. The monoisotopic (exact) mass is 225 g/mol. The van der Waals surface area contributed by atoms with Gasteiger partial charge in [0.1, 0.15) is 5.15 Å². The Kier molecular flexibility index (Phi) is 3.01. The first-order chi connectivity index (χ1) is 6.30. The molecule has 0 radical (unpaired) electrons. The van der Waals surface area contributed by atoms with Gasteiger partial charge in [-0.25, -0.2) is 4.98 Å². The molecule has 0 aliphatic heterocycles. The first-order valence-electron chi connectivity index (χ1n) is 3.69. The largest absolute Gasteiger partial charge is 0.418 e. The fourth-order valence-electron chi connectivity index (χ4n) is 1.00. The summed E-state index contributed by atoms with van der Waals surface area (Å²) in [5.74, 6) is 0. The minimum atomic E-state index is -4.68. The highest BCUT2D eigenvalue weighted by Crippen LogP contribution is 2.33. The topological polar surface area (TPSA) is 33.1 Å². The number of aliphatic hydroxyl groups is 1. The van der Waals surface area contributed by atoms with Crippen molar-refractivity contribution in [1.29, 1.82) is 0 Å². The molecule has 1 aromatic rings. The first-order valence-corrected chi connectivity index (χ1v) is 4.07. The predicted molar refractivity (Wildman–Crippen MR) is 45.0 cm³/mol. The number of halogens is 4. The van der Waals surface area contributed by atoms with Gasteiger partial charge in [0.05, 0.1) is 0 Å². The summed E-state index contributed by atoms with van der Waals surface area (Å²) in [5.41, 5.74) is 0.0331. The summed E-state index contributed by atoms with van der Waals surface area (Å²) in [6.07, 6.45) is -7.20. The van der Waals surface area contributed by atoms with Gasteiger partial charge in [-0.05, 0) is 24.6 Å². The van der Waals surface area contributed by atoms with Crippen LogP contribution in [0.5, 0.6) is 0 Å². The summed E-state index contributed by atoms with van der Waals surface area (Å²) in [6, 6.07) is 2.14. The van der Waals surface area contributed by atoms with Gasteiger partial charge in [-0.3, -0.25) is 0 Å². The van der Waals surface area contributed by atoms with Crippen LogP contribution in [0.1, 0.15) is 17.4 Å². The van der Waals surface area contributed by atoms with Crippen LogP contribution in [0.3, 0.4) is 0 Å². The highest BCUT2D eigenvalue weighted by molar-refractivity contribution is 6.29. The lowest BCUT2D eigenvalue weighted by molar-refractivity contribution is -0.206. The molecule has 0 bridgehead atoms. The highest BCUT2D eigenvalue weighted by Gasteiger charge is 2.39. The van der Waals surface area contributed by atoms with Crippen LogP contribution in [0.4, 0.5) is 13.2 Å². The van der Waals surface area contributed by atoms with E-state index in [1.54, 1.807) is 0 Å². The van der Waals surface area contributed by atoms with Gasteiger partial charge in [-0.1, -0.05) is 11.6 Å². The van der Waals surface area contributed by atoms with E-state index in [4.69, 9.17) is 16.7 Å². The third kappa shape index (κ3) is 2.59. The summed E-state index contributed by atoms with van der Waals surface area (Å²) < 4.78 is 36.3. The molecule has 1 atom stereocenters. The number of aliphatic hydroxyl groups excluding tert-OH is 1. The average molecular weight is 226 g/mol. The molecule has 0 saturated heterocycles. The van der Waals surface area contributed by atoms with Crippen LogP contribution in [-0.4, -0.2) is 16.3 Å². The SMILES string of the molecule is Cc1cc(C(O)C(F)(F)F)cc(Cl)n1. The van der Waals surface area contributed by atoms with Crippen molar-refractivity contribution in [3.8, 4) is 0 Å². The Morgan fingerprint density at radius 1 is 1.43 bits per heavy atom. The molecule has 6 heteroatoms. The van der Waals surface area contributed by atoms with E-state index in [2.05, 4.69) is 4.98 Å². The molecule has 1 N–H and O–H groups in total. The Hall–Kier alpha value is -0.810. The Morgan fingerprint density at radius 3 is 2.43 bits per heavy atom. The van der Waals surface area contributed by atoms with Crippen molar-refractivity contribution in [3.05, 3.63) is 28.5 Å². The smallest absolute Gasteiger partial charge is 0.379 e. The van der Waals surface area contributed by atoms with Crippen molar-refractivity contribution in [2.75, 3.05) is 0 Å². The number of pyridine rings is 1. The second-order valence-electron chi connectivity index (χ2n) is 2.81. The second kappa shape index (κ2) is 3.74. The molecule has 1 aromatic heterocycles. The molecule has 0 aliphatic rings. The van der Waals surface area contributed by atoms with E-state index in [1.807, 2.05) is 0 Å². The first kappa shape index (κ1) is 11.3. The molecular weight excluding hydrogens is 219 g/mol. The summed E-state index contributed by atoms with van der Waals surface area (Å²) in [5, 5.41) is 8.83. The quantitative estimate of drug-likeness (QED) is 0.746. The van der Waals surface area contributed by atoms with Gasteiger partial charge in [0, 0.05) is 5.69 Å². The van der Waals surface area contributed by atoms with E-state index < -0.39 is 12.3 Å². The molecule has 0 aliphatic carbocycles. The van der Waals surface area contributed by atoms with Crippen molar-refractivity contribution in [2.45, 2.75) is 19.2 Å². The van der Waals surface area contributed by atoms with Crippen LogP contribution in [0.2, 0.25) is 5.15 Å². The number of nitrogens with zero attached hydrogens (tertiary/aromatic N) is 1. The van der Waals surface area contributed by atoms with E-state index in [1.165, 1.54) is 6.92 Å². The fourth-order valence-corrected chi connectivity index (χ4v) is 1.26. The van der Waals surface area contributed by atoms with Crippen LogP contribution >= 0.6 is 11.6 Å². The van der Waals surface area contributed by atoms with Gasteiger partial charge in [-0.2, -0.15) is 13.2 Å². The molecule has 14 heavy (non-hydrogen) atoms. The van der Waals surface area contributed by atoms with Gasteiger partial charge in [0.25, 0.3) is 0 Å². The van der Waals surface area contributed by atoms with E-state index in [0.29, 0.717) is 5.69 Å². The van der Waals surface area contributed by atoms with Gasteiger partial charge in [-0.15, -0.1) is 0 Å². The number of hydrogen-bond acceptors (Lipinski definition) is 2. The standard InChI is InChI=1S/C8H7ClF3NO/c1-4-2-5(3-6(9)13-4)7(14)8(10,11)12/h2-3,7,14H,1H3. The summed E-state index contributed by atoms with van der Waals surface area (Å²) in [4.78, 5) is 3.69. The minimum Gasteiger partial charge on any atom is -0.379 e. The molecule has 1 heterocycles. The number of alkyl halides is 3. The van der Waals surface area contributed by atoms with E-state index in [0.717, 1.165) is 12.1 Å². The average Bonchev–Trinajstić information content (AvgIpc) is 1.99. The molecule has 0 amide bonds. The van der Waals surface area contributed by atoms with Crippen molar-refractivity contribution in [3.63, 3.8) is 0 Å². The van der Waals surface area contributed by atoms with Crippen LogP contribution in [0.25, 0.3) is 0 Å². The zero-order valence-corrected chi connectivity index (χ0v) is 7.89. The van der Waals surface area contributed by atoms with Crippen LogP contribution in [-0.2, 0) is 0 Å². The van der Waals surface area contributed by atoms with Crippen LogP contribution in [0.15, 0.2) is 12.1 Å². The number of aromatic nitrogens is 1. The molecule has 1 unspecified atom stereocenters. The lowest BCUT2D eigenvalue weighted by atomic mass is 10.1. The van der Waals surface area contributed by atoms with E-state index in [9.17, 15) is 13.2 Å². The molecule has 0 spiro atoms. The fraction of sp³-hybridized carbons (Fsp3) is 0.375. The van der Waals surface area contributed by atoms with Crippen LogP contribution < -0.4 is 0 Å². The van der Waals surface area contributed by atoms with E-state index in [-0.39, 0.29) is 10.7 Å². The number of rotatable bonds is 1. The van der Waals surface area contributed by atoms with Crippen molar-refractivity contribution in [2.24, 2.45) is 0 Å². The van der Waals surface area contributed by atoms with Gasteiger partial charge in [0.2, 0.25) is 0 Å². The zero-order chi connectivity index (χ0) is 10.9. The molecule has 1 rings (SSSR count). The summed E-state index contributed by atoms with van der Waals surface area (Å²) in [7, 11) is 0. The van der Waals surface area contributed by atoms with Crippen LogP contribution in [0, 0.1) is 6.92 Å². The van der Waals surface area contributed by atoms with Gasteiger partial charge < -0.3 is 5.11 Å². The predicted octanol–water partition coefficient (Wildman–Crippen LogP) is 2.64. The summed E-state index contributed by atoms with van der Waals surface area (Å²) >= 11 is 5.45. The molecule has 0 fully saturated rings. The molecule has 0 saturated carbocycles. The minimum absolute atomic E-state index is 0.0664. The molecule has 78 valence electrons. The number of aryl methyl sites for hydroxylation is 1. The highest BCUT2D eigenvalue weighted by atomic mass is 35.5. The van der Waals surface area contributed by atoms with Crippen molar-refractivity contribution >= 4 is 11.6 Å². The Labute approximate surface area is 83.3 Å². The second-order valence-corrected chi connectivity index (χ2v) is 3.20. The normalized spacial score (nSPS) is 14.1. The maximum atomic E-state index is 12.1. The lowest BCUT2D eigenvalue weighted by Gasteiger charge is -2.15.